The average Bonchev–Trinajstić information content (AvgIpc) is 3.31. The number of morpholine rings is 1. The van der Waals surface area contributed by atoms with Crippen LogP contribution in [0.4, 0.5) is 20.6 Å². The van der Waals surface area contributed by atoms with Crippen molar-refractivity contribution in [1.82, 2.24) is 15.1 Å². The molecule has 0 radical (unpaired) electrons. The summed E-state index contributed by atoms with van der Waals surface area (Å²) in [6.07, 6.45) is 0.305. The van der Waals surface area contributed by atoms with E-state index in [0.29, 0.717) is 81.4 Å². The highest BCUT2D eigenvalue weighted by atomic mass is 19.1. The number of nitrogens with one attached hydrogen (secondary N) is 2. The van der Waals surface area contributed by atoms with Gasteiger partial charge < -0.3 is 35.2 Å². The van der Waals surface area contributed by atoms with E-state index in [-0.39, 0.29) is 17.5 Å². The van der Waals surface area contributed by atoms with Gasteiger partial charge in [-0.3, -0.25) is 14.4 Å². The summed E-state index contributed by atoms with van der Waals surface area (Å²) >= 11 is 0. The summed E-state index contributed by atoms with van der Waals surface area (Å²) in [5.41, 5.74) is 2.19. The smallest absolute Gasteiger partial charge is 0.320 e. The minimum absolute atomic E-state index is 0.0122. The molecule has 0 bridgehead atoms. The standard InChI is InChI=1S/C33H36FN5O6/c34-26-10-7-23(8-11-26)27(22-30(40)41)35-32(43)25-9-12-29(28(21-25)36-31(42)24-5-2-1-3-6-24)37-13-4-14-38(16-15-37)33(44)39-17-19-45-20-18-39/h1-3,5-12,21,27H,4,13-20,22H2,(H,35,43)(H,36,42)(H,40,41). The molecule has 3 N–H and O–H groups in total. The molecule has 2 heterocycles. The topological polar surface area (TPSA) is 132 Å². The highest BCUT2D eigenvalue weighted by molar-refractivity contribution is 6.07. The first kappa shape index (κ1) is 31.5. The van der Waals surface area contributed by atoms with E-state index in [1.807, 2.05) is 15.9 Å². The summed E-state index contributed by atoms with van der Waals surface area (Å²) in [7, 11) is 0. The van der Waals surface area contributed by atoms with Gasteiger partial charge >= 0.3 is 12.0 Å². The molecule has 2 aliphatic heterocycles. The molecule has 11 nitrogen and oxygen atoms in total. The maximum absolute atomic E-state index is 13.5. The molecule has 3 aromatic carbocycles. The Labute approximate surface area is 260 Å². The Morgan fingerprint density at radius 3 is 2.22 bits per heavy atom. The maximum Gasteiger partial charge on any atom is 0.320 e. The number of ether oxygens (including phenoxy) is 1. The fourth-order valence-electron chi connectivity index (χ4n) is 5.50. The molecule has 5 rings (SSSR count). The Morgan fingerprint density at radius 1 is 0.800 bits per heavy atom. The zero-order chi connectivity index (χ0) is 31.8. The van der Waals surface area contributed by atoms with Gasteiger partial charge in [0.2, 0.25) is 0 Å². The van der Waals surface area contributed by atoms with Crippen molar-refractivity contribution in [3.8, 4) is 0 Å². The third-order valence-electron chi connectivity index (χ3n) is 7.89. The molecule has 12 heteroatoms. The number of carboxylic acids is 1. The Kier molecular flexibility index (Phi) is 10.3. The summed E-state index contributed by atoms with van der Waals surface area (Å²) in [5.74, 6) is -2.51. The fourth-order valence-corrected chi connectivity index (χ4v) is 5.50. The number of rotatable bonds is 8. The van der Waals surface area contributed by atoms with Gasteiger partial charge in [0.1, 0.15) is 5.82 Å². The molecule has 0 aliphatic carbocycles. The lowest BCUT2D eigenvalue weighted by atomic mass is 10.0. The molecule has 0 saturated carbocycles. The van der Waals surface area contributed by atoms with Crippen LogP contribution in [0.2, 0.25) is 0 Å². The van der Waals surface area contributed by atoms with E-state index in [2.05, 4.69) is 15.5 Å². The number of hydrogen-bond donors (Lipinski definition) is 3. The van der Waals surface area contributed by atoms with Gasteiger partial charge in [0.25, 0.3) is 11.8 Å². The van der Waals surface area contributed by atoms with Crippen LogP contribution in [0.3, 0.4) is 0 Å². The van der Waals surface area contributed by atoms with E-state index in [1.54, 1.807) is 42.5 Å². The van der Waals surface area contributed by atoms with Crippen molar-refractivity contribution in [2.45, 2.75) is 18.9 Å². The van der Waals surface area contributed by atoms with Crippen molar-refractivity contribution in [2.75, 3.05) is 62.7 Å². The molecule has 3 aromatic rings. The zero-order valence-electron chi connectivity index (χ0n) is 24.8. The van der Waals surface area contributed by atoms with Crippen LogP contribution in [0.25, 0.3) is 0 Å². The lowest BCUT2D eigenvalue weighted by Gasteiger charge is -2.32. The van der Waals surface area contributed by atoms with Gasteiger partial charge in [0, 0.05) is 50.4 Å². The molecule has 2 aliphatic rings. The van der Waals surface area contributed by atoms with Gasteiger partial charge in [-0.05, 0) is 54.4 Å². The first-order chi connectivity index (χ1) is 21.8. The largest absolute Gasteiger partial charge is 0.481 e. The molecule has 2 saturated heterocycles. The number of anilines is 2. The summed E-state index contributed by atoms with van der Waals surface area (Å²) in [6, 6.07) is 18.0. The third kappa shape index (κ3) is 8.15. The second kappa shape index (κ2) is 14.7. The summed E-state index contributed by atoms with van der Waals surface area (Å²) < 4.78 is 18.9. The first-order valence-corrected chi connectivity index (χ1v) is 14.9. The van der Waals surface area contributed by atoms with Gasteiger partial charge in [0.15, 0.2) is 0 Å². The number of nitrogens with zero attached hydrogens (tertiary/aromatic N) is 3. The summed E-state index contributed by atoms with van der Waals surface area (Å²) in [4.78, 5) is 57.1. The number of aliphatic carboxylic acids is 1. The second-order valence-corrected chi connectivity index (χ2v) is 10.9. The third-order valence-corrected chi connectivity index (χ3v) is 7.89. The van der Waals surface area contributed by atoms with Gasteiger partial charge in [-0.15, -0.1) is 0 Å². The number of halogens is 1. The van der Waals surface area contributed by atoms with Crippen molar-refractivity contribution in [2.24, 2.45) is 0 Å². The number of amides is 4. The van der Waals surface area contributed by atoms with Crippen molar-refractivity contribution in [3.05, 3.63) is 95.3 Å². The lowest BCUT2D eigenvalue weighted by Crippen LogP contribution is -2.49. The molecule has 0 aromatic heterocycles. The Morgan fingerprint density at radius 2 is 1.51 bits per heavy atom. The summed E-state index contributed by atoms with van der Waals surface area (Å²) in [5, 5.41) is 15.1. The van der Waals surface area contributed by atoms with Crippen LogP contribution in [0.1, 0.15) is 45.2 Å². The quantitative estimate of drug-likeness (QED) is 0.348. The van der Waals surface area contributed by atoms with Crippen molar-refractivity contribution >= 4 is 35.2 Å². The van der Waals surface area contributed by atoms with Crippen LogP contribution in [-0.4, -0.2) is 91.2 Å². The van der Waals surface area contributed by atoms with Gasteiger partial charge in [0.05, 0.1) is 37.1 Å². The number of hydrogen-bond acceptors (Lipinski definition) is 6. The van der Waals surface area contributed by atoms with Gasteiger partial charge in [-0.25, -0.2) is 9.18 Å². The lowest BCUT2D eigenvalue weighted by molar-refractivity contribution is -0.137. The highest BCUT2D eigenvalue weighted by Gasteiger charge is 2.27. The average molecular weight is 618 g/mol. The summed E-state index contributed by atoms with van der Waals surface area (Å²) in [6.45, 7) is 4.39. The Bertz CT molecular complexity index is 1510. The second-order valence-electron chi connectivity index (χ2n) is 10.9. The van der Waals surface area contributed by atoms with Crippen LogP contribution < -0.4 is 15.5 Å². The SMILES string of the molecule is O=C(O)CC(NC(=O)c1ccc(N2CCCN(C(=O)N3CCOCC3)CC2)c(NC(=O)c2ccccc2)c1)c1ccc(F)cc1. The van der Waals surface area contributed by atoms with Gasteiger partial charge in [-0.2, -0.15) is 0 Å². The van der Waals surface area contributed by atoms with Crippen LogP contribution in [0.15, 0.2) is 72.8 Å². The molecule has 2 fully saturated rings. The van der Waals surface area contributed by atoms with Crippen LogP contribution in [-0.2, 0) is 9.53 Å². The monoisotopic (exact) mass is 617 g/mol. The molecule has 1 unspecified atom stereocenters. The van der Waals surface area contributed by atoms with E-state index in [0.717, 1.165) is 0 Å². The molecular formula is C33H36FN5O6. The van der Waals surface area contributed by atoms with Crippen molar-refractivity contribution in [3.63, 3.8) is 0 Å². The fraction of sp³-hybridized carbons (Fsp3) is 0.333. The number of carbonyl (C=O) groups excluding carboxylic acids is 3. The van der Waals surface area contributed by atoms with E-state index in [9.17, 15) is 28.7 Å². The highest BCUT2D eigenvalue weighted by Crippen LogP contribution is 2.30. The van der Waals surface area contributed by atoms with E-state index in [1.165, 1.54) is 24.3 Å². The maximum atomic E-state index is 13.5. The normalized spacial score (nSPS) is 16.0. The number of benzene rings is 3. The van der Waals surface area contributed by atoms with E-state index >= 15 is 0 Å². The van der Waals surface area contributed by atoms with Crippen LogP contribution in [0.5, 0.6) is 0 Å². The van der Waals surface area contributed by atoms with Crippen molar-refractivity contribution in [1.29, 1.82) is 0 Å². The molecule has 4 amide bonds. The zero-order valence-corrected chi connectivity index (χ0v) is 24.8. The minimum atomic E-state index is -1.13. The molecule has 45 heavy (non-hydrogen) atoms. The van der Waals surface area contributed by atoms with Crippen LogP contribution in [0, 0.1) is 5.82 Å². The van der Waals surface area contributed by atoms with E-state index < -0.39 is 30.2 Å². The minimum Gasteiger partial charge on any atom is -0.481 e. The predicted octanol–water partition coefficient (Wildman–Crippen LogP) is 3.99. The van der Waals surface area contributed by atoms with Gasteiger partial charge in [-0.1, -0.05) is 30.3 Å². The molecular weight excluding hydrogens is 581 g/mol. The first-order valence-electron chi connectivity index (χ1n) is 14.9. The predicted molar refractivity (Wildman–Crippen MR) is 166 cm³/mol. The Balaban J connectivity index is 1.38. The van der Waals surface area contributed by atoms with Crippen molar-refractivity contribution < 1.29 is 33.4 Å². The van der Waals surface area contributed by atoms with E-state index in [4.69, 9.17) is 4.74 Å². The number of carbonyl (C=O) groups is 4. The Hall–Kier alpha value is -4.97. The molecule has 236 valence electrons. The molecule has 0 spiro atoms. The number of carboxylic acid groups (broad SMARTS) is 1. The molecule has 1 atom stereocenters. The van der Waals surface area contributed by atoms with Crippen LogP contribution >= 0.6 is 0 Å². The number of urea groups is 1.